The Bertz CT molecular complexity index is 1290. The number of aryl methyl sites for hydroxylation is 1. The maximum Gasteiger partial charge on any atom is 0.330 e. The second-order valence-corrected chi connectivity index (χ2v) is 8.57. The van der Waals surface area contributed by atoms with Gasteiger partial charge in [-0.15, -0.1) is 0 Å². The Morgan fingerprint density at radius 2 is 1.92 bits per heavy atom. The third-order valence-electron chi connectivity index (χ3n) is 6.00. The topological polar surface area (TPSA) is 140 Å². The molecular weight excluding hydrogens is 462 g/mol. The van der Waals surface area contributed by atoms with E-state index in [1.165, 1.54) is 4.57 Å². The number of nitrogens with one attached hydrogen (secondary N) is 2. The number of hydrogen-bond acceptors (Lipinski definition) is 7. The summed E-state index contributed by atoms with van der Waals surface area (Å²) >= 11 is 0. The smallest absolute Gasteiger partial charge is 0.330 e. The first-order valence-electron chi connectivity index (χ1n) is 12.1. The molecule has 2 heterocycles. The minimum atomic E-state index is -0.586. The number of nitrogen functional groups attached to an aromatic ring is 1. The SMILES string of the molecule is CCCCn1c(N)c(N(CCOC)CCC(=O)Nc2c(C)nn(-c3ccccc3)c2C)c(=O)[nH]c1=O. The van der Waals surface area contributed by atoms with Crippen LogP contribution in [0.25, 0.3) is 5.69 Å². The van der Waals surface area contributed by atoms with E-state index in [0.717, 1.165) is 24.2 Å². The van der Waals surface area contributed by atoms with E-state index in [2.05, 4.69) is 15.4 Å². The second kappa shape index (κ2) is 12.2. The molecule has 1 amide bonds. The lowest BCUT2D eigenvalue weighted by Gasteiger charge is -2.25. The molecule has 0 saturated heterocycles. The zero-order valence-electron chi connectivity index (χ0n) is 21.3. The van der Waals surface area contributed by atoms with Crippen LogP contribution in [0.2, 0.25) is 0 Å². The third-order valence-corrected chi connectivity index (χ3v) is 6.00. The minimum absolute atomic E-state index is 0.0875. The first kappa shape index (κ1) is 26.7. The number of H-pyrrole nitrogens is 1. The highest BCUT2D eigenvalue weighted by Gasteiger charge is 2.21. The molecule has 4 N–H and O–H groups in total. The number of para-hydroxylation sites is 1. The number of aromatic amines is 1. The van der Waals surface area contributed by atoms with Gasteiger partial charge in [0.2, 0.25) is 5.91 Å². The van der Waals surface area contributed by atoms with Crippen molar-refractivity contribution >= 4 is 23.1 Å². The molecule has 0 saturated carbocycles. The molecule has 11 heteroatoms. The highest BCUT2D eigenvalue weighted by molar-refractivity contribution is 5.92. The van der Waals surface area contributed by atoms with Gasteiger partial charge < -0.3 is 20.7 Å². The molecular formula is C25H35N7O4. The molecule has 3 rings (SSSR count). The predicted octanol–water partition coefficient (Wildman–Crippen LogP) is 2.20. The Morgan fingerprint density at radius 3 is 2.58 bits per heavy atom. The summed E-state index contributed by atoms with van der Waals surface area (Å²) in [6.07, 6.45) is 1.70. The number of hydrogen-bond donors (Lipinski definition) is 3. The number of ether oxygens (including phenoxy) is 1. The molecule has 0 aliphatic heterocycles. The maximum absolute atomic E-state index is 12.9. The fourth-order valence-electron chi connectivity index (χ4n) is 4.04. The van der Waals surface area contributed by atoms with Gasteiger partial charge in [0, 0.05) is 33.2 Å². The van der Waals surface area contributed by atoms with E-state index in [1.807, 2.05) is 51.1 Å². The van der Waals surface area contributed by atoms with Crippen molar-refractivity contribution in [2.75, 3.05) is 42.8 Å². The van der Waals surface area contributed by atoms with E-state index >= 15 is 0 Å². The molecule has 36 heavy (non-hydrogen) atoms. The summed E-state index contributed by atoms with van der Waals surface area (Å²) in [7, 11) is 1.55. The summed E-state index contributed by atoms with van der Waals surface area (Å²) in [4.78, 5) is 42.0. The lowest BCUT2D eigenvalue weighted by Crippen LogP contribution is -2.40. The number of carbonyl (C=O) groups is 1. The number of carbonyl (C=O) groups excluding carboxylic acids is 1. The molecule has 0 fully saturated rings. The van der Waals surface area contributed by atoms with Gasteiger partial charge in [-0.2, -0.15) is 5.10 Å². The number of rotatable bonds is 12. The second-order valence-electron chi connectivity index (χ2n) is 8.57. The van der Waals surface area contributed by atoms with E-state index in [4.69, 9.17) is 10.5 Å². The summed E-state index contributed by atoms with van der Waals surface area (Å²) in [6.45, 7) is 6.99. The van der Waals surface area contributed by atoms with Crippen molar-refractivity contribution in [1.82, 2.24) is 19.3 Å². The fourth-order valence-corrected chi connectivity index (χ4v) is 4.04. The zero-order chi connectivity index (χ0) is 26.2. The maximum atomic E-state index is 12.9. The molecule has 11 nitrogen and oxygen atoms in total. The molecule has 2 aromatic heterocycles. The zero-order valence-corrected chi connectivity index (χ0v) is 21.3. The van der Waals surface area contributed by atoms with Crippen LogP contribution in [0.4, 0.5) is 17.2 Å². The standard InChI is InChI=1S/C25H35N7O4/c1-5-6-13-31-23(26)22(24(34)28-25(31)35)30(15-16-36-4)14-12-20(33)27-21-17(2)29-32(18(21)3)19-10-8-7-9-11-19/h7-11H,5-6,12-16,26H2,1-4H3,(H,27,33)(H,28,34,35). The van der Waals surface area contributed by atoms with Crippen molar-refractivity contribution in [3.63, 3.8) is 0 Å². The quantitative estimate of drug-likeness (QED) is 0.348. The number of amides is 1. The van der Waals surface area contributed by atoms with Crippen LogP contribution in [-0.4, -0.2) is 52.0 Å². The molecule has 0 spiro atoms. The van der Waals surface area contributed by atoms with Gasteiger partial charge in [0.05, 0.1) is 29.4 Å². The van der Waals surface area contributed by atoms with Crippen LogP contribution >= 0.6 is 0 Å². The molecule has 0 bridgehead atoms. The first-order chi connectivity index (χ1) is 17.3. The monoisotopic (exact) mass is 497 g/mol. The molecule has 1 aromatic carbocycles. The van der Waals surface area contributed by atoms with Crippen LogP contribution in [0.3, 0.4) is 0 Å². The summed E-state index contributed by atoms with van der Waals surface area (Å²) in [5.74, 6) is -0.143. The van der Waals surface area contributed by atoms with Crippen LogP contribution in [0.15, 0.2) is 39.9 Å². The van der Waals surface area contributed by atoms with Gasteiger partial charge in [-0.25, -0.2) is 9.48 Å². The van der Waals surface area contributed by atoms with E-state index in [0.29, 0.717) is 31.1 Å². The van der Waals surface area contributed by atoms with Crippen LogP contribution in [-0.2, 0) is 16.1 Å². The van der Waals surface area contributed by atoms with Gasteiger partial charge in [0.15, 0.2) is 0 Å². The van der Waals surface area contributed by atoms with Crippen molar-refractivity contribution in [1.29, 1.82) is 0 Å². The van der Waals surface area contributed by atoms with Gasteiger partial charge in [-0.1, -0.05) is 31.5 Å². The van der Waals surface area contributed by atoms with E-state index < -0.39 is 11.2 Å². The van der Waals surface area contributed by atoms with Crippen LogP contribution in [0, 0.1) is 13.8 Å². The van der Waals surface area contributed by atoms with Gasteiger partial charge >= 0.3 is 5.69 Å². The molecule has 3 aromatic rings. The molecule has 0 unspecified atom stereocenters. The number of anilines is 3. The van der Waals surface area contributed by atoms with E-state index in [-0.39, 0.29) is 30.4 Å². The van der Waals surface area contributed by atoms with Crippen molar-refractivity contribution in [2.45, 2.75) is 46.6 Å². The summed E-state index contributed by atoms with van der Waals surface area (Å²) < 4.78 is 8.35. The van der Waals surface area contributed by atoms with E-state index in [9.17, 15) is 14.4 Å². The highest BCUT2D eigenvalue weighted by Crippen LogP contribution is 2.23. The van der Waals surface area contributed by atoms with Crippen LogP contribution < -0.4 is 27.2 Å². The molecule has 0 aliphatic carbocycles. The molecule has 194 valence electrons. The van der Waals surface area contributed by atoms with Gasteiger partial charge in [-0.05, 0) is 32.4 Å². The molecule has 0 atom stereocenters. The van der Waals surface area contributed by atoms with Gasteiger partial charge in [0.1, 0.15) is 11.5 Å². The third kappa shape index (κ3) is 6.03. The minimum Gasteiger partial charge on any atom is -0.383 e. The van der Waals surface area contributed by atoms with Crippen LogP contribution in [0.5, 0.6) is 0 Å². The predicted molar refractivity (Wildman–Crippen MR) is 141 cm³/mol. The van der Waals surface area contributed by atoms with E-state index in [1.54, 1.807) is 16.7 Å². The fraction of sp³-hybridized carbons (Fsp3) is 0.440. The normalized spacial score (nSPS) is 11.0. The number of nitrogens with zero attached hydrogens (tertiary/aromatic N) is 4. The molecule has 0 radical (unpaired) electrons. The first-order valence-corrected chi connectivity index (χ1v) is 12.1. The van der Waals surface area contributed by atoms with Crippen molar-refractivity contribution < 1.29 is 9.53 Å². The number of aromatic nitrogens is 4. The Hall–Kier alpha value is -3.86. The Morgan fingerprint density at radius 1 is 1.19 bits per heavy atom. The Balaban J connectivity index is 1.80. The number of nitrogens with two attached hydrogens (primary N) is 1. The summed E-state index contributed by atoms with van der Waals surface area (Å²) in [6, 6.07) is 9.68. The summed E-state index contributed by atoms with van der Waals surface area (Å²) in [5, 5.41) is 7.52. The number of benzene rings is 1. The average Bonchev–Trinajstić information content (AvgIpc) is 3.13. The number of methoxy groups -OCH3 is 1. The van der Waals surface area contributed by atoms with Crippen molar-refractivity contribution in [3.8, 4) is 5.69 Å². The summed E-state index contributed by atoms with van der Waals surface area (Å²) in [5.41, 5.74) is 8.38. The van der Waals surface area contributed by atoms with Crippen molar-refractivity contribution in [2.24, 2.45) is 0 Å². The Kier molecular flexibility index (Phi) is 9.07. The lowest BCUT2D eigenvalue weighted by molar-refractivity contribution is -0.116. The van der Waals surface area contributed by atoms with Gasteiger partial charge in [0.25, 0.3) is 5.56 Å². The lowest BCUT2D eigenvalue weighted by atomic mass is 10.2. The Labute approximate surface area is 209 Å². The van der Waals surface area contributed by atoms with Crippen molar-refractivity contribution in [3.05, 3.63) is 62.6 Å². The average molecular weight is 498 g/mol. The largest absolute Gasteiger partial charge is 0.383 e. The number of unbranched alkanes of at least 4 members (excludes halogenated alkanes) is 1. The highest BCUT2D eigenvalue weighted by atomic mass is 16.5. The molecule has 0 aliphatic rings. The van der Waals surface area contributed by atoms with Gasteiger partial charge in [-0.3, -0.25) is 19.1 Å². The van der Waals surface area contributed by atoms with Crippen LogP contribution in [0.1, 0.15) is 37.6 Å².